The van der Waals surface area contributed by atoms with Crippen molar-refractivity contribution in [2.24, 2.45) is 23.7 Å². The molecule has 0 spiro atoms. The van der Waals surface area contributed by atoms with E-state index in [1.54, 1.807) is 12.1 Å². The largest absolute Gasteiger partial charge is 0.508 e. The van der Waals surface area contributed by atoms with Gasteiger partial charge < -0.3 is 5.11 Å². The van der Waals surface area contributed by atoms with Crippen molar-refractivity contribution in [3.05, 3.63) is 129 Å². The highest BCUT2D eigenvalue weighted by molar-refractivity contribution is 7.09. The Morgan fingerprint density at radius 1 is 0.917 bits per heavy atom. The Labute approximate surface area is 286 Å². The molecule has 2 aliphatic carbocycles. The molecule has 4 aromatic rings. The van der Waals surface area contributed by atoms with E-state index in [0.717, 1.165) is 21.0 Å². The lowest BCUT2D eigenvalue weighted by molar-refractivity contribution is -0.141. The van der Waals surface area contributed by atoms with E-state index in [9.17, 15) is 19.5 Å². The standard InChI is InChI=1S/C38H32ClN3O5S/c1-21-9-12-24(13-10-21)40-42-35(45)30-19-28-26(14-15-27-32(28)36(46)41(34(27)44)20-25-8-5-17-48-25)33(29-18-23(39)11-16-31(29)43)38(30,37(42)47)22-6-3-2-4-7-22/h2-14,16-18,27-28,30,32-33,40,43H,15,19-20H2,1H3/t27-,28+,30-,32-,33+,38+/m0/s1. The first kappa shape index (κ1) is 30.6. The van der Waals surface area contributed by atoms with E-state index in [4.69, 9.17) is 11.6 Å². The van der Waals surface area contributed by atoms with Crippen LogP contribution in [0.2, 0.25) is 5.02 Å². The average molecular weight is 678 g/mol. The van der Waals surface area contributed by atoms with Crippen molar-refractivity contribution >= 4 is 52.3 Å². The number of carbonyl (C=O) groups excluding carboxylic acids is 4. The molecule has 48 heavy (non-hydrogen) atoms. The van der Waals surface area contributed by atoms with E-state index in [1.165, 1.54) is 22.3 Å². The summed E-state index contributed by atoms with van der Waals surface area (Å²) in [5.74, 6) is -4.98. The minimum Gasteiger partial charge on any atom is -0.508 e. The van der Waals surface area contributed by atoms with E-state index in [-0.39, 0.29) is 30.5 Å². The Morgan fingerprint density at radius 3 is 2.42 bits per heavy atom. The molecule has 4 amide bonds. The number of hydrogen-bond donors (Lipinski definition) is 2. The first-order valence-corrected chi connectivity index (χ1v) is 17.3. The Balaban J connectivity index is 1.31. The molecular weight excluding hydrogens is 646 g/mol. The number of imide groups is 2. The van der Waals surface area contributed by atoms with Gasteiger partial charge in [0.15, 0.2) is 0 Å². The number of fused-ring (bicyclic) bond motifs is 4. The van der Waals surface area contributed by atoms with Gasteiger partial charge in [0.25, 0.3) is 11.8 Å². The highest BCUT2D eigenvalue weighted by atomic mass is 35.5. The molecule has 1 saturated carbocycles. The second-order valence-electron chi connectivity index (χ2n) is 13.1. The summed E-state index contributed by atoms with van der Waals surface area (Å²) in [6.07, 6.45) is 2.47. The minimum absolute atomic E-state index is 0.0690. The number of amides is 4. The number of phenolic OH excluding ortho intramolecular Hbond substituents is 1. The molecule has 8 rings (SSSR count). The topological polar surface area (TPSA) is 107 Å². The van der Waals surface area contributed by atoms with E-state index in [0.29, 0.717) is 28.3 Å². The van der Waals surface area contributed by atoms with Gasteiger partial charge in [0.05, 0.1) is 35.4 Å². The van der Waals surface area contributed by atoms with Crippen molar-refractivity contribution < 1.29 is 24.3 Å². The maximum atomic E-state index is 15.1. The monoisotopic (exact) mass is 677 g/mol. The quantitative estimate of drug-likeness (QED) is 0.176. The maximum Gasteiger partial charge on any atom is 0.260 e. The van der Waals surface area contributed by atoms with Gasteiger partial charge in [-0.15, -0.1) is 11.3 Å². The van der Waals surface area contributed by atoms with Gasteiger partial charge in [-0.3, -0.25) is 29.5 Å². The Hall–Kier alpha value is -4.73. The zero-order valence-electron chi connectivity index (χ0n) is 26.0. The highest BCUT2D eigenvalue weighted by Crippen LogP contribution is 2.65. The van der Waals surface area contributed by atoms with Gasteiger partial charge in [0.1, 0.15) is 5.75 Å². The van der Waals surface area contributed by atoms with Crippen molar-refractivity contribution in [1.29, 1.82) is 0 Å². The number of nitrogens with zero attached hydrogens (tertiary/aromatic N) is 2. The molecule has 4 aliphatic rings. The van der Waals surface area contributed by atoms with E-state index in [1.807, 2.05) is 85.1 Å². The van der Waals surface area contributed by atoms with Crippen LogP contribution in [-0.2, 0) is 31.1 Å². The van der Waals surface area contributed by atoms with Crippen molar-refractivity contribution in [3.8, 4) is 5.75 Å². The number of phenols is 1. The summed E-state index contributed by atoms with van der Waals surface area (Å²) >= 11 is 8.06. The number of hydrogen-bond acceptors (Lipinski definition) is 7. The molecule has 3 heterocycles. The lowest BCUT2D eigenvalue weighted by atomic mass is 9.49. The van der Waals surface area contributed by atoms with Crippen LogP contribution >= 0.6 is 22.9 Å². The molecule has 8 nitrogen and oxygen atoms in total. The van der Waals surface area contributed by atoms with Crippen LogP contribution in [0.3, 0.4) is 0 Å². The van der Waals surface area contributed by atoms with Crippen molar-refractivity contribution in [2.45, 2.75) is 37.6 Å². The molecule has 242 valence electrons. The van der Waals surface area contributed by atoms with Crippen LogP contribution in [0.5, 0.6) is 5.75 Å². The molecule has 3 fully saturated rings. The molecule has 3 aromatic carbocycles. The normalized spacial score (nSPS) is 27.9. The van der Waals surface area contributed by atoms with Gasteiger partial charge in [0, 0.05) is 21.4 Å². The van der Waals surface area contributed by atoms with E-state index >= 15 is 4.79 Å². The molecule has 0 radical (unpaired) electrons. The number of halogens is 1. The smallest absolute Gasteiger partial charge is 0.260 e. The van der Waals surface area contributed by atoms with Crippen molar-refractivity contribution in [3.63, 3.8) is 0 Å². The number of aryl methyl sites for hydroxylation is 1. The van der Waals surface area contributed by atoms with Gasteiger partial charge >= 0.3 is 0 Å². The molecule has 10 heteroatoms. The third-order valence-corrected chi connectivity index (χ3v) is 11.8. The summed E-state index contributed by atoms with van der Waals surface area (Å²) in [5.41, 5.74) is 5.01. The molecule has 0 bridgehead atoms. The summed E-state index contributed by atoms with van der Waals surface area (Å²) in [6.45, 7) is 2.16. The van der Waals surface area contributed by atoms with Crippen molar-refractivity contribution in [1.82, 2.24) is 9.91 Å². The maximum absolute atomic E-state index is 15.1. The number of hydrazine groups is 1. The molecule has 2 N–H and O–H groups in total. The van der Waals surface area contributed by atoms with Gasteiger partial charge in [0.2, 0.25) is 11.8 Å². The lowest BCUT2D eigenvalue weighted by Crippen LogP contribution is -2.53. The van der Waals surface area contributed by atoms with Crippen LogP contribution in [0.1, 0.15) is 40.3 Å². The molecule has 2 saturated heterocycles. The third-order valence-electron chi connectivity index (χ3n) is 10.7. The predicted octanol–water partition coefficient (Wildman–Crippen LogP) is 6.60. The Bertz CT molecular complexity index is 2000. The summed E-state index contributed by atoms with van der Waals surface area (Å²) in [6, 6.07) is 25.2. The molecule has 0 unspecified atom stereocenters. The van der Waals surface area contributed by atoms with Crippen LogP contribution in [0.15, 0.2) is 102 Å². The molecule has 1 aromatic heterocycles. The van der Waals surface area contributed by atoms with Gasteiger partial charge in [-0.1, -0.05) is 77.3 Å². The number of rotatable bonds is 6. The van der Waals surface area contributed by atoms with Crippen LogP contribution in [0, 0.1) is 30.6 Å². The number of aromatic hydroxyl groups is 1. The zero-order chi connectivity index (χ0) is 33.3. The number of likely N-dealkylation sites (tertiary alicyclic amines) is 1. The number of anilines is 1. The van der Waals surface area contributed by atoms with Gasteiger partial charge in [-0.05, 0) is 73.0 Å². The summed E-state index contributed by atoms with van der Waals surface area (Å²) in [7, 11) is 0. The molecule has 2 aliphatic heterocycles. The predicted molar refractivity (Wildman–Crippen MR) is 182 cm³/mol. The second kappa shape index (κ2) is 11.5. The van der Waals surface area contributed by atoms with Gasteiger partial charge in [-0.25, -0.2) is 0 Å². The first-order valence-electron chi connectivity index (χ1n) is 16.0. The van der Waals surface area contributed by atoms with Crippen LogP contribution in [0.25, 0.3) is 0 Å². The van der Waals surface area contributed by atoms with Gasteiger partial charge in [-0.2, -0.15) is 5.01 Å². The molecule has 6 atom stereocenters. The van der Waals surface area contributed by atoms with E-state index in [2.05, 4.69) is 5.43 Å². The zero-order valence-corrected chi connectivity index (χ0v) is 27.6. The fourth-order valence-corrected chi connectivity index (χ4v) is 9.50. The number of carbonyl (C=O) groups is 4. The fourth-order valence-electron chi connectivity index (χ4n) is 8.63. The van der Waals surface area contributed by atoms with Crippen LogP contribution < -0.4 is 5.43 Å². The number of benzene rings is 3. The van der Waals surface area contributed by atoms with Crippen molar-refractivity contribution in [2.75, 3.05) is 5.43 Å². The second-order valence-corrected chi connectivity index (χ2v) is 14.6. The third kappa shape index (κ3) is 4.48. The number of nitrogens with one attached hydrogen (secondary N) is 1. The van der Waals surface area contributed by atoms with Crippen LogP contribution in [0.4, 0.5) is 5.69 Å². The minimum atomic E-state index is -1.48. The summed E-state index contributed by atoms with van der Waals surface area (Å²) in [5, 5.41) is 14.8. The average Bonchev–Trinajstić information content (AvgIpc) is 3.75. The van der Waals surface area contributed by atoms with Crippen LogP contribution in [-0.4, -0.2) is 38.6 Å². The SMILES string of the molecule is Cc1ccc(NN2C(=O)[C@@H]3C[C@@H]4C(=CC[C@@H]5C(=O)N(Cc6cccs6)C(=O)[C@@H]54)[C@H](c4cc(Cl)ccc4O)[C@]3(c3ccccc3)C2=O)cc1. The van der Waals surface area contributed by atoms with E-state index < -0.39 is 46.8 Å². The highest BCUT2D eigenvalue weighted by Gasteiger charge is 2.70. The first-order chi connectivity index (χ1) is 23.2. The lowest BCUT2D eigenvalue weighted by Gasteiger charge is -2.50. The Kier molecular flexibility index (Phi) is 7.30. The number of thiophene rings is 1. The summed E-state index contributed by atoms with van der Waals surface area (Å²) in [4.78, 5) is 60.1. The summed E-state index contributed by atoms with van der Waals surface area (Å²) < 4.78 is 0. The molecular formula is C38H32ClN3O5S. The fraction of sp³-hybridized carbons (Fsp3) is 0.263. The Morgan fingerprint density at radius 2 is 1.69 bits per heavy atom. The number of allylic oxidation sites excluding steroid dienone is 2.